The van der Waals surface area contributed by atoms with E-state index in [-0.39, 0.29) is 22.5 Å². The molecule has 2 bridgehead atoms. The summed E-state index contributed by atoms with van der Waals surface area (Å²) < 4.78 is 30.7. The van der Waals surface area contributed by atoms with Crippen molar-refractivity contribution < 1.29 is 17.8 Å². The van der Waals surface area contributed by atoms with Crippen LogP contribution in [0.2, 0.25) is 0 Å². The maximum absolute atomic E-state index is 12.8. The second kappa shape index (κ2) is 5.02. The number of fused-ring (bicyclic) bond motifs is 2. The highest BCUT2D eigenvalue weighted by Crippen LogP contribution is 2.65. The lowest BCUT2D eigenvalue weighted by Crippen LogP contribution is -2.32. The summed E-state index contributed by atoms with van der Waals surface area (Å²) in [5.74, 6) is 0.148. The first kappa shape index (κ1) is 16.4. The van der Waals surface area contributed by atoms with Crippen molar-refractivity contribution in [3.05, 3.63) is 41.0 Å². The van der Waals surface area contributed by atoms with Crippen LogP contribution in [0.4, 0.5) is 0 Å². The summed E-state index contributed by atoms with van der Waals surface area (Å²) in [6.45, 7) is 6.43. The van der Waals surface area contributed by atoms with Gasteiger partial charge in [0, 0.05) is 5.41 Å². The minimum absolute atomic E-state index is 0.0131. The van der Waals surface area contributed by atoms with Crippen molar-refractivity contribution in [1.29, 1.82) is 0 Å². The zero-order chi connectivity index (χ0) is 17.0. The van der Waals surface area contributed by atoms with Gasteiger partial charge in [-0.3, -0.25) is 9.35 Å². The predicted octanol–water partition coefficient (Wildman–Crippen LogP) is 3.48. The third kappa shape index (κ3) is 2.56. The van der Waals surface area contributed by atoms with Gasteiger partial charge in [0.15, 0.2) is 5.78 Å². The molecule has 2 aliphatic rings. The van der Waals surface area contributed by atoms with Crippen LogP contribution in [-0.2, 0) is 20.7 Å². The van der Waals surface area contributed by atoms with Crippen molar-refractivity contribution >= 4 is 22.0 Å². The molecule has 0 aliphatic heterocycles. The molecule has 0 radical (unpaired) electrons. The average Bonchev–Trinajstić information content (AvgIpc) is 2.74. The molecule has 2 aliphatic carbocycles. The molecule has 0 aromatic heterocycles. The molecule has 4 nitrogen and oxygen atoms in total. The Bertz CT molecular complexity index is 787. The summed E-state index contributed by atoms with van der Waals surface area (Å²) in [5, 5.41) is 0. The monoisotopic (exact) mass is 334 g/mol. The van der Waals surface area contributed by atoms with E-state index in [1.54, 1.807) is 24.3 Å². The average molecular weight is 334 g/mol. The number of benzene rings is 1. The Hall–Kier alpha value is -1.46. The number of rotatable bonds is 3. The normalized spacial score (nSPS) is 31.0. The van der Waals surface area contributed by atoms with Crippen molar-refractivity contribution in [3.63, 3.8) is 0 Å². The third-order valence-electron chi connectivity index (χ3n) is 6.02. The van der Waals surface area contributed by atoms with Gasteiger partial charge in [0.05, 0.1) is 0 Å². The second-order valence-electron chi connectivity index (χ2n) is 7.54. The number of carbonyl (C=O) groups excluding carboxylic acids is 1. The quantitative estimate of drug-likeness (QED) is 0.678. The molecule has 0 amide bonds. The molecule has 0 spiro atoms. The molecular formula is C18H22O4S. The van der Waals surface area contributed by atoms with Gasteiger partial charge < -0.3 is 0 Å². The number of hydrogen-bond donors (Lipinski definition) is 1. The standard InChI is InChI=1S/C18H22O4S/c1-17(2)15-8-9-18(17,3)16(19)14(15)10-12-4-6-13(7-5-12)11-23(20,21)22/h4-7,10,15H,8-9,11H2,1-3H3,(H,20,21,22). The molecule has 2 atom stereocenters. The van der Waals surface area contributed by atoms with E-state index in [2.05, 4.69) is 20.8 Å². The Kier molecular flexibility index (Phi) is 3.58. The number of Topliss-reactive ketones (excluding diaryl/α,β-unsaturated/α-hetero) is 1. The predicted molar refractivity (Wildman–Crippen MR) is 89.3 cm³/mol. The van der Waals surface area contributed by atoms with Gasteiger partial charge in [0.25, 0.3) is 10.1 Å². The highest BCUT2D eigenvalue weighted by molar-refractivity contribution is 7.85. The van der Waals surface area contributed by atoms with Gasteiger partial charge in [-0.25, -0.2) is 0 Å². The molecular weight excluding hydrogens is 312 g/mol. The largest absolute Gasteiger partial charge is 0.294 e. The molecule has 1 N–H and O–H groups in total. The fraction of sp³-hybridized carbons (Fsp3) is 0.500. The zero-order valence-corrected chi connectivity index (χ0v) is 14.5. The van der Waals surface area contributed by atoms with Crippen LogP contribution >= 0.6 is 0 Å². The molecule has 2 fully saturated rings. The van der Waals surface area contributed by atoms with Crippen molar-refractivity contribution in [2.45, 2.75) is 39.4 Å². The third-order valence-corrected chi connectivity index (χ3v) is 6.71. The van der Waals surface area contributed by atoms with Crippen LogP contribution in [0.25, 0.3) is 6.08 Å². The molecule has 1 aromatic carbocycles. The number of hydrogen-bond acceptors (Lipinski definition) is 3. The Morgan fingerprint density at radius 2 is 1.83 bits per heavy atom. The number of carbonyl (C=O) groups is 1. The van der Waals surface area contributed by atoms with Crippen molar-refractivity contribution in [3.8, 4) is 0 Å². The van der Waals surface area contributed by atoms with E-state index < -0.39 is 15.9 Å². The summed E-state index contributed by atoms with van der Waals surface area (Å²) in [7, 11) is -4.02. The van der Waals surface area contributed by atoms with Crippen molar-refractivity contribution in [1.82, 2.24) is 0 Å². The van der Waals surface area contributed by atoms with Gasteiger partial charge in [0.1, 0.15) is 5.75 Å². The van der Waals surface area contributed by atoms with E-state index in [1.165, 1.54) is 0 Å². The highest BCUT2D eigenvalue weighted by Gasteiger charge is 2.63. The van der Waals surface area contributed by atoms with E-state index in [1.807, 2.05) is 6.08 Å². The summed E-state index contributed by atoms with van der Waals surface area (Å²) in [5.41, 5.74) is 2.03. The lowest BCUT2D eigenvalue weighted by atomic mass is 9.70. The fourth-order valence-corrected chi connectivity index (χ4v) is 4.81. The van der Waals surface area contributed by atoms with E-state index in [4.69, 9.17) is 4.55 Å². The summed E-state index contributed by atoms with van der Waals surface area (Å²) in [4.78, 5) is 12.8. The molecule has 5 heteroatoms. The minimum atomic E-state index is -4.02. The molecule has 23 heavy (non-hydrogen) atoms. The van der Waals surface area contributed by atoms with Crippen LogP contribution in [0, 0.1) is 16.7 Å². The number of allylic oxidation sites excluding steroid dienone is 1. The first-order valence-electron chi connectivity index (χ1n) is 7.85. The van der Waals surface area contributed by atoms with Gasteiger partial charge in [-0.2, -0.15) is 8.42 Å². The maximum Gasteiger partial charge on any atom is 0.269 e. The van der Waals surface area contributed by atoms with Crippen LogP contribution in [-0.4, -0.2) is 18.8 Å². The molecule has 0 heterocycles. The molecule has 124 valence electrons. The first-order chi connectivity index (χ1) is 10.5. The van der Waals surface area contributed by atoms with E-state index in [0.717, 1.165) is 24.0 Å². The lowest BCUT2D eigenvalue weighted by molar-refractivity contribution is -0.125. The Morgan fingerprint density at radius 1 is 1.22 bits per heavy atom. The molecule has 2 saturated carbocycles. The van der Waals surface area contributed by atoms with Crippen LogP contribution in [0.3, 0.4) is 0 Å². The second-order valence-corrected chi connectivity index (χ2v) is 8.99. The molecule has 1 aromatic rings. The van der Waals surface area contributed by atoms with E-state index in [9.17, 15) is 13.2 Å². The van der Waals surface area contributed by atoms with Crippen LogP contribution < -0.4 is 0 Å². The highest BCUT2D eigenvalue weighted by atomic mass is 32.2. The van der Waals surface area contributed by atoms with Gasteiger partial charge in [0.2, 0.25) is 0 Å². The van der Waals surface area contributed by atoms with Crippen LogP contribution in [0.15, 0.2) is 29.8 Å². The molecule has 0 saturated heterocycles. The first-order valence-corrected chi connectivity index (χ1v) is 9.46. The summed E-state index contributed by atoms with van der Waals surface area (Å²) in [6.07, 6.45) is 3.94. The minimum Gasteiger partial charge on any atom is -0.294 e. The lowest BCUT2D eigenvalue weighted by Gasteiger charge is -2.31. The topological polar surface area (TPSA) is 71.4 Å². The summed E-state index contributed by atoms with van der Waals surface area (Å²) >= 11 is 0. The fourth-order valence-electron chi connectivity index (χ4n) is 4.19. The van der Waals surface area contributed by atoms with E-state index in [0.29, 0.717) is 5.56 Å². The SMILES string of the molecule is CC12CCC(C(=Cc3ccc(CS(=O)(=O)O)cc3)C1=O)C2(C)C. The van der Waals surface area contributed by atoms with Gasteiger partial charge in [-0.15, -0.1) is 0 Å². The van der Waals surface area contributed by atoms with Crippen LogP contribution in [0.5, 0.6) is 0 Å². The molecule has 2 unspecified atom stereocenters. The van der Waals surface area contributed by atoms with Gasteiger partial charge in [-0.1, -0.05) is 45.0 Å². The van der Waals surface area contributed by atoms with Crippen molar-refractivity contribution in [2.75, 3.05) is 0 Å². The van der Waals surface area contributed by atoms with E-state index >= 15 is 0 Å². The smallest absolute Gasteiger partial charge is 0.269 e. The number of ketones is 1. The van der Waals surface area contributed by atoms with Gasteiger partial charge >= 0.3 is 0 Å². The Balaban J connectivity index is 1.90. The Labute approximate surface area is 137 Å². The maximum atomic E-state index is 12.8. The Morgan fingerprint density at radius 3 is 2.30 bits per heavy atom. The zero-order valence-electron chi connectivity index (χ0n) is 13.7. The van der Waals surface area contributed by atoms with Crippen LogP contribution in [0.1, 0.15) is 44.7 Å². The van der Waals surface area contributed by atoms with Crippen molar-refractivity contribution in [2.24, 2.45) is 16.7 Å². The van der Waals surface area contributed by atoms with Gasteiger partial charge in [-0.05, 0) is 47.0 Å². The molecule has 3 rings (SSSR count). The summed E-state index contributed by atoms with van der Waals surface area (Å²) in [6, 6.07) is 6.93.